The summed E-state index contributed by atoms with van der Waals surface area (Å²) in [7, 11) is 0. The summed E-state index contributed by atoms with van der Waals surface area (Å²) in [5, 5.41) is 16.1. The van der Waals surface area contributed by atoms with E-state index in [1.54, 1.807) is 0 Å². The molecule has 0 aliphatic rings. The minimum atomic E-state index is 0.639. The Labute approximate surface area is 605 Å². The first-order valence-corrected chi connectivity index (χ1v) is 36.0. The van der Waals surface area contributed by atoms with Gasteiger partial charge in [-0.3, -0.25) is 0 Å². The quantitative estimate of drug-likeness (QED) is 0.144. The molecule has 16 aromatic carbocycles. The molecule has 7 heterocycles. The van der Waals surface area contributed by atoms with Crippen molar-refractivity contribution >= 4 is 142 Å². The zero-order valence-electron chi connectivity index (χ0n) is 56.9. The van der Waals surface area contributed by atoms with Gasteiger partial charge in [0.25, 0.3) is 0 Å². The van der Waals surface area contributed by atoms with Gasteiger partial charge in [0.2, 0.25) is 0 Å². The maximum atomic E-state index is 6.36. The molecule has 8 nitrogen and oxygen atoms in total. The van der Waals surface area contributed by atoms with Gasteiger partial charge in [-0.05, 0) is 202 Å². The van der Waals surface area contributed by atoms with Crippen molar-refractivity contribution in [1.82, 2.24) is 23.7 Å². The topological polar surface area (TPSA) is 80.0 Å². The molecule has 492 valence electrons. The number of hydrogen-bond donors (Lipinski definition) is 0. The van der Waals surface area contributed by atoms with Crippen molar-refractivity contribution in [3.63, 3.8) is 0 Å². The van der Waals surface area contributed by atoms with E-state index in [4.69, 9.17) is 23.2 Å². The van der Waals surface area contributed by atoms with E-state index in [2.05, 4.69) is 323 Å². The molecule has 0 spiro atoms. The van der Waals surface area contributed by atoms with Crippen LogP contribution in [-0.4, -0.2) is 23.7 Å². The third kappa shape index (κ3) is 9.01. The van der Waals surface area contributed by atoms with Gasteiger partial charge < -0.3 is 27.0 Å². The molecule has 0 saturated heterocycles. The molecule has 23 aromatic rings. The van der Waals surface area contributed by atoms with E-state index in [9.17, 15) is 0 Å². The zero-order chi connectivity index (χ0) is 69.2. The lowest BCUT2D eigenvalue weighted by molar-refractivity contribution is 0.668. The van der Waals surface area contributed by atoms with Crippen molar-refractivity contribution in [2.45, 2.75) is 0 Å². The predicted octanol–water partition coefficient (Wildman–Crippen LogP) is 26.6. The van der Waals surface area contributed by atoms with Crippen LogP contribution in [0.5, 0.6) is 0 Å². The summed E-state index contributed by atoms with van der Waals surface area (Å²) >= 11 is 0. The fourth-order valence-corrected chi connectivity index (χ4v) is 17.0. The Morgan fingerprint density at radius 3 is 0.887 bits per heavy atom. The molecule has 23 rings (SSSR count). The van der Waals surface area contributed by atoms with Gasteiger partial charge in [0.15, 0.2) is 5.82 Å². The van der Waals surface area contributed by atoms with Crippen LogP contribution in [0.1, 0.15) is 0 Å². The Morgan fingerprint density at radius 2 is 0.472 bits per heavy atom. The van der Waals surface area contributed by atoms with Crippen molar-refractivity contribution in [3.05, 3.63) is 346 Å². The van der Waals surface area contributed by atoms with Crippen molar-refractivity contribution in [1.29, 1.82) is 0 Å². The Kier molecular flexibility index (Phi) is 12.4. The van der Waals surface area contributed by atoms with Crippen LogP contribution in [0.2, 0.25) is 0 Å². The third-order valence-corrected chi connectivity index (χ3v) is 22.1. The first-order valence-electron chi connectivity index (χ1n) is 36.0. The first-order chi connectivity index (χ1) is 52.5. The van der Waals surface area contributed by atoms with Gasteiger partial charge in [0.1, 0.15) is 33.5 Å². The lowest BCUT2D eigenvalue weighted by Gasteiger charge is -2.13. The molecule has 0 radical (unpaired) electrons. The van der Waals surface area contributed by atoms with Crippen LogP contribution in [0.3, 0.4) is 0 Å². The minimum absolute atomic E-state index is 0.639. The molecular weight excluding hydrogens is 1300 g/mol. The fourth-order valence-electron chi connectivity index (χ4n) is 17.0. The molecule has 0 bridgehead atoms. The molecule has 0 amide bonds. The van der Waals surface area contributed by atoms with Crippen molar-refractivity contribution in [2.75, 3.05) is 0 Å². The summed E-state index contributed by atoms with van der Waals surface area (Å²) in [5.74, 6) is 0.639. The summed E-state index contributed by atoms with van der Waals surface area (Å²) in [5.41, 5.74) is 26.6. The third-order valence-electron chi connectivity index (χ3n) is 22.1. The number of nitrogens with zero attached hydrogens (tertiary/aromatic N) is 5. The summed E-state index contributed by atoms with van der Waals surface area (Å²) in [6.07, 6.45) is 0. The fraction of sp³-hybridized carbons (Fsp3) is 0. The van der Waals surface area contributed by atoms with Crippen LogP contribution in [0.4, 0.5) is 0 Å². The maximum absolute atomic E-state index is 6.36. The van der Waals surface area contributed by atoms with Gasteiger partial charge in [0.05, 0.1) is 44.5 Å². The molecule has 0 atom stereocenters. The second-order valence-electron chi connectivity index (χ2n) is 28.0. The van der Waals surface area contributed by atoms with Gasteiger partial charge in [-0.2, -0.15) is 0 Å². The molecule has 8 heteroatoms. The summed E-state index contributed by atoms with van der Waals surface area (Å²) in [6, 6.07) is 124. The van der Waals surface area contributed by atoms with Crippen LogP contribution in [0.15, 0.2) is 359 Å². The highest BCUT2D eigenvalue weighted by atomic mass is 16.3. The highest BCUT2D eigenvalue weighted by Crippen LogP contribution is 2.44. The average molecular weight is 1350 g/mol. The van der Waals surface area contributed by atoms with Gasteiger partial charge in [-0.1, -0.05) is 188 Å². The molecular formula is C98H57N5O3. The van der Waals surface area contributed by atoms with E-state index in [1.165, 1.54) is 32.3 Å². The molecule has 0 saturated carbocycles. The summed E-state index contributed by atoms with van der Waals surface area (Å²) in [6.45, 7) is 0. The monoisotopic (exact) mass is 1350 g/mol. The number of rotatable bonds is 9. The van der Waals surface area contributed by atoms with E-state index in [1.807, 2.05) is 36.4 Å². The second-order valence-corrected chi connectivity index (χ2v) is 28.0. The lowest BCUT2D eigenvalue weighted by Crippen LogP contribution is -1.98. The second kappa shape index (κ2) is 22.6. The maximum Gasteiger partial charge on any atom is 0.160 e. The number of furan rings is 3. The number of benzene rings is 16. The Balaban J connectivity index is 0.617. The molecule has 0 unspecified atom stereocenters. The van der Waals surface area contributed by atoms with Gasteiger partial charge >= 0.3 is 0 Å². The molecule has 106 heavy (non-hydrogen) atoms. The highest BCUT2D eigenvalue weighted by molar-refractivity contribution is 6.15. The number of aromatic nitrogens is 5. The summed E-state index contributed by atoms with van der Waals surface area (Å²) in [4.78, 5) is 11.0. The number of para-hydroxylation sites is 6. The van der Waals surface area contributed by atoms with Crippen LogP contribution >= 0.6 is 0 Å². The molecule has 0 aliphatic heterocycles. The van der Waals surface area contributed by atoms with Crippen molar-refractivity contribution in [2.24, 2.45) is 0 Å². The van der Waals surface area contributed by atoms with Crippen molar-refractivity contribution in [3.8, 4) is 84.3 Å². The van der Waals surface area contributed by atoms with Crippen LogP contribution < -0.4 is 0 Å². The Hall–Kier alpha value is -14.3. The Morgan fingerprint density at radius 1 is 0.179 bits per heavy atom. The summed E-state index contributed by atoms with van der Waals surface area (Å²) < 4.78 is 26.2. The van der Waals surface area contributed by atoms with Gasteiger partial charge in [-0.25, -0.2) is 9.97 Å². The number of hydrogen-bond acceptors (Lipinski definition) is 5. The molecule has 0 fully saturated rings. The van der Waals surface area contributed by atoms with E-state index in [-0.39, 0.29) is 0 Å². The molecule has 7 aromatic heterocycles. The van der Waals surface area contributed by atoms with E-state index in [0.717, 1.165) is 188 Å². The van der Waals surface area contributed by atoms with Gasteiger partial charge in [-0.15, -0.1) is 0 Å². The normalized spacial score (nSPS) is 12.2. The van der Waals surface area contributed by atoms with Crippen LogP contribution in [-0.2, 0) is 0 Å². The average Bonchev–Trinajstić information content (AvgIpc) is 1.58. The zero-order valence-corrected chi connectivity index (χ0v) is 56.9. The van der Waals surface area contributed by atoms with E-state index in [0.29, 0.717) is 5.82 Å². The smallest absolute Gasteiger partial charge is 0.160 e. The molecule has 0 N–H and O–H groups in total. The van der Waals surface area contributed by atoms with E-state index < -0.39 is 0 Å². The lowest BCUT2D eigenvalue weighted by atomic mass is 10.0. The molecule has 0 aliphatic carbocycles. The van der Waals surface area contributed by atoms with Gasteiger partial charge in [0, 0.05) is 98.4 Å². The largest absolute Gasteiger partial charge is 0.456 e. The standard InChI is InChI=1S/C98H57N5O3/c1-7-19-86-72(13-1)81-51-62(65-32-43-78-75-16-4-10-22-92(75)104-95(78)54-65)35-46-89(81)101(86)69-38-27-58(28-39-69)84-57-85(59-29-40-70(41-30-59)102-87-20-8-2-14-73(87)82-52-63(36-47-90(82)102)66-33-44-79-76-17-5-11-23-93(76)105-96(79)55-66)100-98(99-84)68-26-25-61-50-71(42-31-60(61)49-68)103-88-21-9-3-15-74(88)83-53-64(37-48-91(83)103)67-34-45-80-77-18-6-12-24-94(77)106-97(80)56-67/h1-57H. The minimum Gasteiger partial charge on any atom is -0.456 e. The highest BCUT2D eigenvalue weighted by Gasteiger charge is 2.22. The first kappa shape index (κ1) is 58.3. The predicted molar refractivity (Wildman–Crippen MR) is 437 cm³/mol. The number of fused-ring (bicyclic) bond motifs is 19. The van der Waals surface area contributed by atoms with E-state index >= 15 is 0 Å². The van der Waals surface area contributed by atoms with Crippen LogP contribution in [0, 0.1) is 0 Å². The Bertz CT molecular complexity index is 7350. The van der Waals surface area contributed by atoms with Crippen LogP contribution in [0.25, 0.3) is 226 Å². The SMILES string of the molecule is c1ccc2c(c1)oc1cc(-c3ccc4c(c3)c3ccccc3n4-c3ccc(-c4cc(-c5ccc(-n6c7ccccc7c7cc(-c8ccc9c(c8)oc8ccccc89)ccc76)cc5)nc(-c5ccc6cc(-n7c8ccccc8c8cc(-c9ccc%10c(c9)oc9ccccc9%10)ccc87)ccc6c5)n4)cc3)ccc12. The van der Waals surface area contributed by atoms with Crippen molar-refractivity contribution < 1.29 is 13.3 Å².